The molecule has 0 bridgehead atoms. The van der Waals surface area contributed by atoms with Crippen molar-refractivity contribution in [2.24, 2.45) is 5.92 Å². The Morgan fingerprint density at radius 1 is 1.65 bits per heavy atom. The molecule has 7 nitrogen and oxygen atoms in total. The lowest BCUT2D eigenvalue weighted by Crippen LogP contribution is -2.12. The van der Waals surface area contributed by atoms with Gasteiger partial charge in [0.1, 0.15) is 5.82 Å². The van der Waals surface area contributed by atoms with Crippen molar-refractivity contribution in [3.05, 3.63) is 22.2 Å². The molecule has 0 aliphatic carbocycles. The van der Waals surface area contributed by atoms with Gasteiger partial charge >= 0.3 is 0 Å². The Morgan fingerprint density at radius 2 is 2.47 bits per heavy atom. The fraction of sp³-hybridized carbons (Fsp3) is 0.500. The lowest BCUT2D eigenvalue weighted by molar-refractivity contribution is -0.384. The molecule has 0 amide bonds. The minimum atomic E-state index is -0.524. The number of pyridine rings is 1. The number of nitro groups is 1. The SMILES string of the molecule is Nc1cc([N+](=O)[O-])cc(OCC2CCOC2)n1. The molecule has 7 heteroatoms. The zero-order valence-electron chi connectivity index (χ0n) is 9.17. The molecule has 2 rings (SSSR count). The predicted octanol–water partition coefficient (Wildman–Crippen LogP) is 0.987. The fourth-order valence-electron chi connectivity index (χ4n) is 1.61. The molecule has 92 valence electrons. The minimum Gasteiger partial charge on any atom is -0.477 e. The second-order valence-electron chi connectivity index (χ2n) is 3.89. The van der Waals surface area contributed by atoms with E-state index in [1.54, 1.807) is 0 Å². The highest BCUT2D eigenvalue weighted by atomic mass is 16.6. The molecular formula is C10H13N3O4. The van der Waals surface area contributed by atoms with E-state index in [-0.39, 0.29) is 17.4 Å². The van der Waals surface area contributed by atoms with Gasteiger partial charge in [0, 0.05) is 12.5 Å². The highest BCUT2D eigenvalue weighted by molar-refractivity contribution is 5.45. The molecule has 1 aromatic heterocycles. The number of ether oxygens (including phenoxy) is 2. The Labute approximate surface area is 97.7 Å². The topological polar surface area (TPSA) is 101 Å². The first-order chi connectivity index (χ1) is 8.15. The first-order valence-electron chi connectivity index (χ1n) is 5.27. The van der Waals surface area contributed by atoms with Gasteiger partial charge in [-0.1, -0.05) is 0 Å². The highest BCUT2D eigenvalue weighted by Gasteiger charge is 2.17. The van der Waals surface area contributed by atoms with Gasteiger partial charge in [-0.25, -0.2) is 0 Å². The lowest BCUT2D eigenvalue weighted by Gasteiger charge is -2.09. The second-order valence-corrected chi connectivity index (χ2v) is 3.89. The predicted molar refractivity (Wildman–Crippen MR) is 59.7 cm³/mol. The van der Waals surface area contributed by atoms with Gasteiger partial charge in [0.15, 0.2) is 0 Å². The van der Waals surface area contributed by atoms with Gasteiger partial charge in [0.2, 0.25) is 5.88 Å². The van der Waals surface area contributed by atoms with Crippen molar-refractivity contribution in [2.45, 2.75) is 6.42 Å². The van der Waals surface area contributed by atoms with E-state index in [2.05, 4.69) is 4.98 Å². The average Bonchev–Trinajstić information content (AvgIpc) is 2.78. The van der Waals surface area contributed by atoms with Crippen LogP contribution in [-0.4, -0.2) is 29.7 Å². The van der Waals surface area contributed by atoms with E-state index in [0.29, 0.717) is 19.1 Å². The molecule has 0 saturated carbocycles. The Hall–Kier alpha value is -1.89. The number of hydrogen-bond acceptors (Lipinski definition) is 6. The fourth-order valence-corrected chi connectivity index (χ4v) is 1.61. The summed E-state index contributed by atoms with van der Waals surface area (Å²) in [4.78, 5) is 14.0. The molecule has 1 aliphatic heterocycles. The number of rotatable bonds is 4. The van der Waals surface area contributed by atoms with Crippen molar-refractivity contribution in [3.63, 3.8) is 0 Å². The molecule has 2 N–H and O–H groups in total. The van der Waals surface area contributed by atoms with Gasteiger partial charge in [0.05, 0.1) is 30.3 Å². The van der Waals surface area contributed by atoms with Gasteiger partial charge in [-0.15, -0.1) is 0 Å². The summed E-state index contributed by atoms with van der Waals surface area (Å²) in [6.45, 7) is 1.83. The number of hydrogen-bond donors (Lipinski definition) is 1. The summed E-state index contributed by atoms with van der Waals surface area (Å²) in [5.74, 6) is 0.581. The van der Waals surface area contributed by atoms with E-state index < -0.39 is 4.92 Å². The van der Waals surface area contributed by atoms with Crippen LogP contribution in [0.3, 0.4) is 0 Å². The van der Waals surface area contributed by atoms with Gasteiger partial charge < -0.3 is 15.2 Å². The number of nitrogens with two attached hydrogens (primary N) is 1. The molecule has 1 saturated heterocycles. The summed E-state index contributed by atoms with van der Waals surface area (Å²) in [6.07, 6.45) is 0.935. The maximum absolute atomic E-state index is 10.6. The third-order valence-corrected chi connectivity index (χ3v) is 2.51. The van der Waals surface area contributed by atoms with Crippen LogP contribution < -0.4 is 10.5 Å². The molecule has 17 heavy (non-hydrogen) atoms. The van der Waals surface area contributed by atoms with Crippen LogP contribution in [-0.2, 0) is 4.74 Å². The van der Waals surface area contributed by atoms with Crippen LogP contribution in [0.4, 0.5) is 11.5 Å². The van der Waals surface area contributed by atoms with Crippen LogP contribution in [0.25, 0.3) is 0 Å². The van der Waals surface area contributed by atoms with E-state index in [1.165, 1.54) is 12.1 Å². The van der Waals surface area contributed by atoms with Gasteiger partial charge in [-0.05, 0) is 6.42 Å². The zero-order valence-corrected chi connectivity index (χ0v) is 9.17. The standard InChI is InChI=1S/C10H13N3O4/c11-9-3-8(13(14)15)4-10(12-9)17-6-7-1-2-16-5-7/h3-4,7H,1-2,5-6H2,(H2,11,12). The molecule has 1 atom stereocenters. The van der Waals surface area contributed by atoms with E-state index >= 15 is 0 Å². The van der Waals surface area contributed by atoms with E-state index in [1.807, 2.05) is 0 Å². The minimum absolute atomic E-state index is 0.0804. The first-order valence-corrected chi connectivity index (χ1v) is 5.27. The van der Waals surface area contributed by atoms with E-state index in [9.17, 15) is 10.1 Å². The second kappa shape index (κ2) is 4.96. The van der Waals surface area contributed by atoms with Crippen LogP contribution in [0.1, 0.15) is 6.42 Å². The van der Waals surface area contributed by atoms with Crippen LogP contribution in [0.5, 0.6) is 5.88 Å². The molecule has 1 aliphatic rings. The van der Waals surface area contributed by atoms with E-state index in [0.717, 1.165) is 13.0 Å². The average molecular weight is 239 g/mol. The summed E-state index contributed by atoms with van der Waals surface area (Å²) in [5.41, 5.74) is 5.35. The van der Waals surface area contributed by atoms with Crippen LogP contribution >= 0.6 is 0 Å². The smallest absolute Gasteiger partial charge is 0.278 e. The lowest BCUT2D eigenvalue weighted by atomic mass is 10.1. The molecule has 0 aromatic carbocycles. The van der Waals surface area contributed by atoms with E-state index in [4.69, 9.17) is 15.2 Å². The Kier molecular flexibility index (Phi) is 3.38. The third-order valence-electron chi connectivity index (χ3n) is 2.51. The molecule has 0 spiro atoms. The monoisotopic (exact) mass is 239 g/mol. The summed E-state index contributed by atoms with van der Waals surface area (Å²) < 4.78 is 10.6. The van der Waals surface area contributed by atoms with Crippen molar-refractivity contribution in [2.75, 3.05) is 25.6 Å². The molecule has 0 radical (unpaired) electrons. The molecule has 1 fully saturated rings. The van der Waals surface area contributed by atoms with Crippen molar-refractivity contribution in [3.8, 4) is 5.88 Å². The van der Waals surface area contributed by atoms with Crippen LogP contribution in [0.15, 0.2) is 12.1 Å². The third kappa shape index (κ3) is 3.04. The number of aromatic nitrogens is 1. The molecule has 1 unspecified atom stereocenters. The number of anilines is 1. The first kappa shape index (κ1) is 11.6. The molecule has 1 aromatic rings. The van der Waals surface area contributed by atoms with Crippen molar-refractivity contribution in [1.82, 2.24) is 4.98 Å². The summed E-state index contributed by atoms with van der Waals surface area (Å²) >= 11 is 0. The van der Waals surface area contributed by atoms with Gasteiger partial charge in [0.25, 0.3) is 5.69 Å². The molecule has 2 heterocycles. The Morgan fingerprint density at radius 3 is 3.12 bits per heavy atom. The van der Waals surface area contributed by atoms with Gasteiger partial charge in [-0.2, -0.15) is 4.98 Å². The largest absolute Gasteiger partial charge is 0.477 e. The van der Waals surface area contributed by atoms with Gasteiger partial charge in [-0.3, -0.25) is 10.1 Å². The quantitative estimate of drug-likeness (QED) is 0.621. The van der Waals surface area contributed by atoms with Crippen molar-refractivity contribution < 1.29 is 14.4 Å². The summed E-state index contributed by atoms with van der Waals surface area (Å²) in [6, 6.07) is 2.47. The maximum atomic E-state index is 10.6. The highest BCUT2D eigenvalue weighted by Crippen LogP contribution is 2.21. The van der Waals surface area contributed by atoms with Crippen molar-refractivity contribution in [1.29, 1.82) is 0 Å². The summed E-state index contributed by atoms with van der Waals surface area (Å²) in [5, 5.41) is 10.6. The van der Waals surface area contributed by atoms with Crippen molar-refractivity contribution >= 4 is 11.5 Å². The maximum Gasteiger partial charge on any atom is 0.278 e. The normalized spacial score (nSPS) is 19.2. The Bertz CT molecular complexity index is 418. The molecular weight excluding hydrogens is 226 g/mol. The Balaban J connectivity index is 2.01. The number of nitrogens with zero attached hydrogens (tertiary/aromatic N) is 2. The van der Waals surface area contributed by atoms with Crippen LogP contribution in [0, 0.1) is 16.0 Å². The summed E-state index contributed by atoms with van der Waals surface area (Å²) in [7, 11) is 0. The zero-order chi connectivity index (χ0) is 12.3. The number of nitrogen functional groups attached to an aromatic ring is 1. The van der Waals surface area contributed by atoms with Crippen LogP contribution in [0.2, 0.25) is 0 Å².